The van der Waals surface area contributed by atoms with Gasteiger partial charge >= 0.3 is 0 Å². The maximum Gasteiger partial charge on any atom is 0.295 e. The Morgan fingerprint density at radius 2 is 1.56 bits per heavy atom. The second-order valence-electron chi connectivity index (χ2n) is 10.2. The molecule has 0 unspecified atom stereocenters. The van der Waals surface area contributed by atoms with Gasteiger partial charge < -0.3 is 24.2 Å². The lowest BCUT2D eigenvalue weighted by Crippen LogP contribution is -2.38. The summed E-state index contributed by atoms with van der Waals surface area (Å²) in [7, 11) is 0. The average molecular weight is 557 g/mol. The smallest absolute Gasteiger partial charge is 0.295 e. The van der Waals surface area contributed by atoms with Crippen LogP contribution in [0.1, 0.15) is 29.2 Å². The number of hydrogen-bond donors (Lipinski definition) is 1. The summed E-state index contributed by atoms with van der Waals surface area (Å²) in [5.74, 6) is 0.0422. The molecule has 0 bridgehead atoms. The first kappa shape index (κ1) is 28.4. The highest BCUT2D eigenvalue weighted by Gasteiger charge is 2.45. The molecular weight excluding hydrogens is 520 g/mol. The Kier molecular flexibility index (Phi) is 9.33. The van der Waals surface area contributed by atoms with Gasteiger partial charge in [-0.05, 0) is 42.7 Å². The molecule has 214 valence electrons. The fourth-order valence-electron chi connectivity index (χ4n) is 5.27. The topological polar surface area (TPSA) is 88.5 Å². The Balaban J connectivity index is 1.32. The molecule has 5 rings (SSSR count). The lowest BCUT2D eigenvalue weighted by Gasteiger charge is -2.29. The molecule has 2 aliphatic rings. The highest BCUT2D eigenvalue weighted by molar-refractivity contribution is 6.46. The van der Waals surface area contributed by atoms with Gasteiger partial charge in [-0.2, -0.15) is 0 Å². The van der Waals surface area contributed by atoms with Crippen LogP contribution >= 0.6 is 0 Å². The number of aryl methyl sites for hydroxylation is 1. The standard InChI is InChI=1S/C33H36N2O6/c1-24-8-5-6-11-28(24)41-23-22-40-27-14-12-25(13-15-27)30-29(31(36)26-9-3-2-4-10-26)32(37)33(38)35(30)17-7-16-34-18-20-39-21-19-34/h2-6,8-15,30,36H,7,16-23H2,1H3/t30-/m1/s1. The molecule has 1 atom stereocenters. The molecule has 0 spiro atoms. The van der Waals surface area contributed by atoms with E-state index >= 15 is 0 Å². The maximum atomic E-state index is 13.3. The van der Waals surface area contributed by atoms with Gasteiger partial charge in [-0.1, -0.05) is 60.7 Å². The summed E-state index contributed by atoms with van der Waals surface area (Å²) in [5, 5.41) is 11.2. The summed E-state index contributed by atoms with van der Waals surface area (Å²) in [6, 6.07) is 23.3. The van der Waals surface area contributed by atoms with Gasteiger partial charge in [0, 0.05) is 31.7 Å². The number of carbonyl (C=O) groups is 2. The molecule has 1 N–H and O–H groups in total. The number of carbonyl (C=O) groups excluding carboxylic acids is 2. The Bertz CT molecular complexity index is 1370. The minimum Gasteiger partial charge on any atom is -0.507 e. The van der Waals surface area contributed by atoms with Gasteiger partial charge in [-0.15, -0.1) is 0 Å². The van der Waals surface area contributed by atoms with Crippen LogP contribution in [0.25, 0.3) is 5.76 Å². The lowest BCUT2D eigenvalue weighted by atomic mass is 9.95. The Hall–Kier alpha value is -4.14. The molecule has 2 fully saturated rings. The third-order valence-corrected chi connectivity index (χ3v) is 7.46. The second kappa shape index (κ2) is 13.5. The van der Waals surface area contributed by atoms with Crippen molar-refractivity contribution in [3.8, 4) is 11.5 Å². The molecular formula is C33H36N2O6. The highest BCUT2D eigenvalue weighted by atomic mass is 16.5. The zero-order chi connectivity index (χ0) is 28.6. The maximum absolute atomic E-state index is 13.3. The van der Waals surface area contributed by atoms with Crippen LogP contribution in [0, 0.1) is 6.92 Å². The number of aliphatic hydroxyl groups excluding tert-OH is 1. The van der Waals surface area contributed by atoms with Crippen LogP contribution in [0.4, 0.5) is 0 Å². The van der Waals surface area contributed by atoms with Crippen molar-refractivity contribution in [3.63, 3.8) is 0 Å². The minimum atomic E-state index is -0.696. The number of Topliss-reactive ketones (excluding diaryl/α,β-unsaturated/α-hetero) is 1. The van der Waals surface area contributed by atoms with E-state index in [1.54, 1.807) is 29.2 Å². The molecule has 0 aliphatic carbocycles. The third-order valence-electron chi connectivity index (χ3n) is 7.46. The number of para-hydroxylation sites is 1. The molecule has 1 amide bonds. The van der Waals surface area contributed by atoms with Crippen LogP contribution in [0.3, 0.4) is 0 Å². The Labute approximate surface area is 240 Å². The quantitative estimate of drug-likeness (QED) is 0.160. The van der Waals surface area contributed by atoms with Gasteiger partial charge in [-0.3, -0.25) is 14.5 Å². The third kappa shape index (κ3) is 6.78. The van der Waals surface area contributed by atoms with E-state index in [2.05, 4.69) is 4.90 Å². The zero-order valence-electron chi connectivity index (χ0n) is 23.3. The van der Waals surface area contributed by atoms with E-state index in [-0.39, 0.29) is 11.3 Å². The molecule has 3 aromatic rings. The second-order valence-corrected chi connectivity index (χ2v) is 10.2. The predicted octanol–water partition coefficient (Wildman–Crippen LogP) is 4.60. The summed E-state index contributed by atoms with van der Waals surface area (Å²) in [4.78, 5) is 30.4. The van der Waals surface area contributed by atoms with Crippen molar-refractivity contribution in [2.45, 2.75) is 19.4 Å². The molecule has 0 aromatic heterocycles. The summed E-state index contributed by atoms with van der Waals surface area (Å²) < 4.78 is 17.1. The molecule has 41 heavy (non-hydrogen) atoms. The SMILES string of the molecule is Cc1ccccc1OCCOc1ccc([C@@H]2C(=C(O)c3ccccc3)C(=O)C(=O)N2CCCN2CCOCC2)cc1. The number of amides is 1. The van der Waals surface area contributed by atoms with E-state index in [4.69, 9.17) is 14.2 Å². The van der Waals surface area contributed by atoms with E-state index in [1.807, 2.05) is 61.5 Å². The van der Waals surface area contributed by atoms with Crippen LogP contribution < -0.4 is 9.47 Å². The lowest BCUT2D eigenvalue weighted by molar-refractivity contribution is -0.140. The number of benzene rings is 3. The number of hydrogen-bond acceptors (Lipinski definition) is 7. The summed E-state index contributed by atoms with van der Waals surface area (Å²) in [6.45, 7) is 7.07. The van der Waals surface area contributed by atoms with E-state index in [0.717, 1.165) is 36.5 Å². The first-order chi connectivity index (χ1) is 20.0. The number of nitrogens with zero attached hydrogens (tertiary/aromatic N) is 2. The van der Waals surface area contributed by atoms with Crippen molar-refractivity contribution in [1.82, 2.24) is 9.80 Å². The zero-order valence-corrected chi connectivity index (χ0v) is 23.3. The van der Waals surface area contributed by atoms with Gasteiger partial charge in [0.15, 0.2) is 0 Å². The van der Waals surface area contributed by atoms with E-state index in [0.29, 0.717) is 50.7 Å². The van der Waals surface area contributed by atoms with Crippen LogP contribution in [0.5, 0.6) is 11.5 Å². The van der Waals surface area contributed by atoms with Crippen molar-refractivity contribution in [3.05, 3.63) is 101 Å². The van der Waals surface area contributed by atoms with Crippen molar-refractivity contribution < 1.29 is 28.9 Å². The van der Waals surface area contributed by atoms with Crippen LogP contribution in [-0.4, -0.2) is 79.2 Å². The van der Waals surface area contributed by atoms with Gasteiger partial charge in [0.25, 0.3) is 11.7 Å². The Morgan fingerprint density at radius 3 is 2.29 bits per heavy atom. The molecule has 3 aromatic carbocycles. The largest absolute Gasteiger partial charge is 0.507 e. The number of ether oxygens (including phenoxy) is 3. The number of rotatable bonds is 11. The van der Waals surface area contributed by atoms with Crippen molar-refractivity contribution >= 4 is 17.4 Å². The van der Waals surface area contributed by atoms with Gasteiger partial charge in [0.05, 0.1) is 24.8 Å². The van der Waals surface area contributed by atoms with E-state index in [1.165, 1.54) is 0 Å². The van der Waals surface area contributed by atoms with Crippen LogP contribution in [0.2, 0.25) is 0 Å². The number of ketones is 1. The van der Waals surface area contributed by atoms with Crippen LogP contribution in [-0.2, 0) is 14.3 Å². The molecule has 2 aliphatic heterocycles. The summed E-state index contributed by atoms with van der Waals surface area (Å²) >= 11 is 0. The Morgan fingerprint density at radius 1 is 0.878 bits per heavy atom. The van der Waals surface area contributed by atoms with Gasteiger partial charge in [0.1, 0.15) is 30.5 Å². The van der Waals surface area contributed by atoms with E-state index in [9.17, 15) is 14.7 Å². The summed E-state index contributed by atoms with van der Waals surface area (Å²) in [5.41, 5.74) is 2.40. The molecule has 8 nitrogen and oxygen atoms in total. The molecule has 2 saturated heterocycles. The van der Waals surface area contributed by atoms with Crippen molar-refractivity contribution in [1.29, 1.82) is 0 Å². The first-order valence-corrected chi connectivity index (χ1v) is 14.1. The fraction of sp³-hybridized carbons (Fsp3) is 0.333. The van der Waals surface area contributed by atoms with Gasteiger partial charge in [0.2, 0.25) is 0 Å². The molecule has 8 heteroatoms. The normalized spacial score (nSPS) is 19.0. The molecule has 0 saturated carbocycles. The van der Waals surface area contributed by atoms with Crippen molar-refractivity contribution in [2.75, 3.05) is 52.6 Å². The number of likely N-dealkylation sites (tertiary alicyclic amines) is 1. The average Bonchev–Trinajstić information content (AvgIpc) is 3.26. The number of morpholine rings is 1. The fourth-order valence-corrected chi connectivity index (χ4v) is 5.27. The summed E-state index contributed by atoms with van der Waals surface area (Å²) in [6.07, 6.45) is 0.705. The predicted molar refractivity (Wildman–Crippen MR) is 156 cm³/mol. The van der Waals surface area contributed by atoms with E-state index < -0.39 is 17.7 Å². The number of aliphatic hydroxyl groups is 1. The molecule has 0 radical (unpaired) electrons. The van der Waals surface area contributed by atoms with Crippen molar-refractivity contribution in [2.24, 2.45) is 0 Å². The van der Waals surface area contributed by atoms with Crippen LogP contribution in [0.15, 0.2) is 84.4 Å². The monoisotopic (exact) mass is 556 g/mol. The highest BCUT2D eigenvalue weighted by Crippen LogP contribution is 2.40. The molecule has 2 heterocycles. The first-order valence-electron chi connectivity index (χ1n) is 14.1. The minimum absolute atomic E-state index is 0.105. The van der Waals surface area contributed by atoms with Gasteiger partial charge in [-0.25, -0.2) is 0 Å².